The fourth-order valence-corrected chi connectivity index (χ4v) is 1.86. The molecule has 0 aliphatic heterocycles. The first-order valence-corrected chi connectivity index (χ1v) is 6.47. The summed E-state index contributed by atoms with van der Waals surface area (Å²) in [6, 6.07) is 7.70. The van der Waals surface area contributed by atoms with Gasteiger partial charge < -0.3 is 4.98 Å². The molecule has 1 aromatic heterocycles. The molecule has 1 N–H and O–H groups in total. The van der Waals surface area contributed by atoms with Crippen molar-refractivity contribution >= 4 is 0 Å². The van der Waals surface area contributed by atoms with Gasteiger partial charge in [0.2, 0.25) is 0 Å². The van der Waals surface area contributed by atoms with Gasteiger partial charge in [-0.25, -0.2) is 4.98 Å². The largest absolute Gasteiger partial charge is 0.310 e. The minimum Gasteiger partial charge on any atom is -0.310 e. The number of rotatable bonds is 1. The van der Waals surface area contributed by atoms with E-state index in [2.05, 4.69) is 35.9 Å². The van der Waals surface area contributed by atoms with Crippen LogP contribution >= 0.6 is 0 Å². The standard InChI is InChI=1S/C16H20N2O/c1-10-6-7-12(8-11(10)2)13-9-14(19)18-15(17-13)16(3,4)5/h6-9H,1-5H3,(H,17,18,19). The summed E-state index contributed by atoms with van der Waals surface area (Å²) in [5, 5.41) is 0. The molecule has 3 heteroatoms. The molecule has 0 unspecified atom stereocenters. The molecule has 0 radical (unpaired) electrons. The number of hydrogen-bond donors (Lipinski definition) is 1. The predicted molar refractivity (Wildman–Crippen MR) is 78.5 cm³/mol. The molecular weight excluding hydrogens is 236 g/mol. The van der Waals surface area contributed by atoms with Gasteiger partial charge in [-0.05, 0) is 31.0 Å². The Labute approximate surface area is 113 Å². The number of nitrogens with zero attached hydrogens (tertiary/aromatic N) is 1. The third-order valence-electron chi connectivity index (χ3n) is 3.25. The molecule has 0 amide bonds. The smallest absolute Gasteiger partial charge is 0.251 e. The highest BCUT2D eigenvalue weighted by molar-refractivity contribution is 5.60. The van der Waals surface area contributed by atoms with Crippen molar-refractivity contribution in [3.05, 3.63) is 51.6 Å². The Kier molecular flexibility index (Phi) is 3.31. The molecule has 1 aromatic carbocycles. The topological polar surface area (TPSA) is 45.8 Å². The lowest BCUT2D eigenvalue weighted by atomic mass is 9.95. The summed E-state index contributed by atoms with van der Waals surface area (Å²) in [5.41, 5.74) is 3.89. The lowest BCUT2D eigenvalue weighted by molar-refractivity contribution is 0.543. The van der Waals surface area contributed by atoms with E-state index in [-0.39, 0.29) is 11.0 Å². The predicted octanol–water partition coefficient (Wildman–Crippen LogP) is 3.35. The first-order valence-electron chi connectivity index (χ1n) is 6.47. The maximum Gasteiger partial charge on any atom is 0.251 e. The fourth-order valence-electron chi connectivity index (χ4n) is 1.86. The molecular formula is C16H20N2O. The molecule has 1 heterocycles. The van der Waals surface area contributed by atoms with Crippen LogP contribution < -0.4 is 5.56 Å². The second-order valence-electron chi connectivity index (χ2n) is 6.03. The Hall–Kier alpha value is -1.90. The van der Waals surface area contributed by atoms with Gasteiger partial charge in [-0.2, -0.15) is 0 Å². The van der Waals surface area contributed by atoms with Crippen LogP contribution in [0.15, 0.2) is 29.1 Å². The SMILES string of the molecule is Cc1ccc(-c2cc(=O)[nH]c(C(C)(C)C)n2)cc1C. The average Bonchev–Trinajstić information content (AvgIpc) is 2.31. The van der Waals surface area contributed by atoms with E-state index in [1.54, 1.807) is 6.07 Å². The van der Waals surface area contributed by atoms with E-state index in [0.29, 0.717) is 5.82 Å². The number of hydrogen-bond acceptors (Lipinski definition) is 2. The van der Waals surface area contributed by atoms with Gasteiger partial charge in [0, 0.05) is 17.0 Å². The van der Waals surface area contributed by atoms with Gasteiger partial charge in [-0.3, -0.25) is 4.79 Å². The summed E-state index contributed by atoms with van der Waals surface area (Å²) < 4.78 is 0. The molecule has 0 spiro atoms. The Morgan fingerprint density at radius 3 is 2.32 bits per heavy atom. The molecule has 3 nitrogen and oxygen atoms in total. The van der Waals surface area contributed by atoms with Gasteiger partial charge in [0.15, 0.2) is 0 Å². The molecule has 0 fully saturated rings. The van der Waals surface area contributed by atoms with E-state index in [1.165, 1.54) is 11.1 Å². The van der Waals surface area contributed by atoms with Crippen molar-refractivity contribution < 1.29 is 0 Å². The van der Waals surface area contributed by atoms with Crippen LogP contribution in [-0.4, -0.2) is 9.97 Å². The Morgan fingerprint density at radius 2 is 1.74 bits per heavy atom. The fraction of sp³-hybridized carbons (Fsp3) is 0.375. The molecule has 0 aliphatic carbocycles. The number of aromatic amines is 1. The highest BCUT2D eigenvalue weighted by Crippen LogP contribution is 2.22. The Balaban J connectivity index is 2.59. The number of nitrogens with one attached hydrogen (secondary N) is 1. The molecule has 0 aliphatic rings. The van der Waals surface area contributed by atoms with E-state index in [1.807, 2.05) is 26.8 Å². The van der Waals surface area contributed by atoms with Crippen LogP contribution in [0.25, 0.3) is 11.3 Å². The first kappa shape index (κ1) is 13.5. The van der Waals surface area contributed by atoms with Crippen molar-refractivity contribution in [2.45, 2.75) is 40.0 Å². The summed E-state index contributed by atoms with van der Waals surface area (Å²) in [7, 11) is 0. The minimum absolute atomic E-state index is 0.104. The number of H-pyrrole nitrogens is 1. The third-order valence-corrected chi connectivity index (χ3v) is 3.25. The van der Waals surface area contributed by atoms with Crippen molar-refractivity contribution in [3.63, 3.8) is 0 Å². The molecule has 0 bridgehead atoms. The zero-order chi connectivity index (χ0) is 14.2. The molecule has 2 aromatic rings. The van der Waals surface area contributed by atoms with E-state index >= 15 is 0 Å². The van der Waals surface area contributed by atoms with Crippen LogP contribution in [0, 0.1) is 13.8 Å². The van der Waals surface area contributed by atoms with Crippen LogP contribution in [0.4, 0.5) is 0 Å². The lowest BCUT2D eigenvalue weighted by Gasteiger charge is -2.17. The van der Waals surface area contributed by atoms with Crippen LogP contribution in [0.1, 0.15) is 37.7 Å². The number of benzene rings is 1. The van der Waals surface area contributed by atoms with Crippen molar-refractivity contribution in [1.29, 1.82) is 0 Å². The molecule has 100 valence electrons. The van der Waals surface area contributed by atoms with Gasteiger partial charge in [0.05, 0.1) is 5.69 Å². The first-order chi connectivity index (χ1) is 8.77. The maximum absolute atomic E-state index is 11.8. The van der Waals surface area contributed by atoms with Crippen LogP contribution in [0.5, 0.6) is 0 Å². The van der Waals surface area contributed by atoms with Crippen molar-refractivity contribution in [2.24, 2.45) is 0 Å². The maximum atomic E-state index is 11.8. The normalized spacial score (nSPS) is 11.6. The van der Waals surface area contributed by atoms with E-state index in [0.717, 1.165) is 11.3 Å². The van der Waals surface area contributed by atoms with Crippen LogP contribution in [0.3, 0.4) is 0 Å². The van der Waals surface area contributed by atoms with Gasteiger partial charge in [-0.1, -0.05) is 32.9 Å². The van der Waals surface area contributed by atoms with Gasteiger partial charge in [-0.15, -0.1) is 0 Å². The number of aryl methyl sites for hydroxylation is 2. The second kappa shape index (κ2) is 4.65. The Morgan fingerprint density at radius 1 is 1.05 bits per heavy atom. The molecule has 2 rings (SSSR count). The third kappa shape index (κ3) is 2.92. The number of aromatic nitrogens is 2. The summed E-state index contributed by atoms with van der Waals surface area (Å²) in [6.45, 7) is 10.3. The summed E-state index contributed by atoms with van der Waals surface area (Å²) in [5.74, 6) is 0.716. The summed E-state index contributed by atoms with van der Waals surface area (Å²) >= 11 is 0. The highest BCUT2D eigenvalue weighted by Gasteiger charge is 2.18. The molecule has 19 heavy (non-hydrogen) atoms. The molecule has 0 atom stereocenters. The van der Waals surface area contributed by atoms with Crippen molar-refractivity contribution in [2.75, 3.05) is 0 Å². The van der Waals surface area contributed by atoms with E-state index < -0.39 is 0 Å². The highest BCUT2D eigenvalue weighted by atomic mass is 16.1. The zero-order valence-electron chi connectivity index (χ0n) is 12.2. The Bertz CT molecular complexity index is 663. The molecule has 0 saturated carbocycles. The zero-order valence-corrected chi connectivity index (χ0v) is 12.2. The van der Waals surface area contributed by atoms with Crippen LogP contribution in [0.2, 0.25) is 0 Å². The van der Waals surface area contributed by atoms with Crippen molar-refractivity contribution in [1.82, 2.24) is 9.97 Å². The van der Waals surface area contributed by atoms with E-state index in [4.69, 9.17) is 0 Å². The minimum atomic E-state index is -0.172. The van der Waals surface area contributed by atoms with Crippen molar-refractivity contribution in [3.8, 4) is 11.3 Å². The summed E-state index contributed by atoms with van der Waals surface area (Å²) in [4.78, 5) is 19.2. The second-order valence-corrected chi connectivity index (χ2v) is 6.03. The van der Waals surface area contributed by atoms with E-state index in [9.17, 15) is 4.79 Å². The quantitative estimate of drug-likeness (QED) is 0.850. The monoisotopic (exact) mass is 256 g/mol. The summed E-state index contributed by atoms with van der Waals surface area (Å²) in [6.07, 6.45) is 0. The molecule has 0 saturated heterocycles. The lowest BCUT2D eigenvalue weighted by Crippen LogP contribution is -2.21. The van der Waals surface area contributed by atoms with Crippen LogP contribution in [-0.2, 0) is 5.41 Å². The van der Waals surface area contributed by atoms with Gasteiger partial charge >= 0.3 is 0 Å². The van der Waals surface area contributed by atoms with Gasteiger partial charge in [0.25, 0.3) is 5.56 Å². The van der Waals surface area contributed by atoms with Gasteiger partial charge in [0.1, 0.15) is 5.82 Å². The average molecular weight is 256 g/mol.